The third kappa shape index (κ3) is 1.91. The predicted molar refractivity (Wildman–Crippen MR) is 79.3 cm³/mol. The fourth-order valence-corrected chi connectivity index (χ4v) is 2.75. The van der Waals surface area contributed by atoms with Crippen LogP contribution in [0.4, 0.5) is 0 Å². The zero-order valence-electron chi connectivity index (χ0n) is 11.3. The number of allylic oxidation sites excluding steroid dienone is 2. The molecule has 0 radical (unpaired) electrons. The Morgan fingerprint density at radius 3 is 2.90 bits per heavy atom. The fourth-order valence-electron chi connectivity index (χ4n) is 2.75. The van der Waals surface area contributed by atoms with Gasteiger partial charge in [-0.25, -0.2) is 0 Å². The van der Waals surface area contributed by atoms with E-state index < -0.39 is 11.5 Å². The number of hydrogen-bond acceptors (Lipinski definition) is 2. The van der Waals surface area contributed by atoms with Gasteiger partial charge in [-0.2, -0.15) is 0 Å². The molecular formula is C17H17NO2. The number of carbonyl (C=O) groups is 1. The van der Waals surface area contributed by atoms with Crippen molar-refractivity contribution in [3.05, 3.63) is 60.3 Å². The zero-order chi connectivity index (χ0) is 14.2. The maximum absolute atomic E-state index is 12.1. The normalized spacial score (nSPS) is 25.2. The smallest absolute Gasteiger partial charge is 0.143 e. The Morgan fingerprint density at radius 1 is 1.35 bits per heavy atom. The lowest BCUT2D eigenvalue weighted by Crippen LogP contribution is -2.38. The topological polar surface area (TPSA) is 53.1 Å². The number of aliphatic hydroxyl groups is 1. The lowest BCUT2D eigenvalue weighted by atomic mass is 9.78. The summed E-state index contributed by atoms with van der Waals surface area (Å²) in [7, 11) is 0. The molecule has 1 aromatic carbocycles. The van der Waals surface area contributed by atoms with Crippen LogP contribution in [0.15, 0.2) is 54.6 Å². The molecule has 102 valence electrons. The largest absolute Gasteiger partial charge is 0.378 e. The molecule has 1 aliphatic carbocycles. The summed E-state index contributed by atoms with van der Waals surface area (Å²) in [6.07, 6.45) is 7.47. The van der Waals surface area contributed by atoms with Gasteiger partial charge in [-0.15, -0.1) is 0 Å². The van der Waals surface area contributed by atoms with E-state index in [2.05, 4.69) is 4.98 Å². The van der Waals surface area contributed by atoms with Crippen LogP contribution in [0.3, 0.4) is 0 Å². The van der Waals surface area contributed by atoms with Gasteiger partial charge in [0.05, 0.1) is 11.6 Å². The summed E-state index contributed by atoms with van der Waals surface area (Å²) in [5.41, 5.74) is 0.327. The molecule has 1 aliphatic rings. The molecule has 0 aliphatic heterocycles. The molecule has 3 nitrogen and oxygen atoms in total. The summed E-state index contributed by atoms with van der Waals surface area (Å²) in [6, 6.07) is 9.75. The fraction of sp³-hybridized carbons (Fsp3) is 0.235. The number of para-hydroxylation sites is 1. The third-order valence-electron chi connectivity index (χ3n) is 3.90. The van der Waals surface area contributed by atoms with Crippen molar-refractivity contribution < 1.29 is 9.90 Å². The van der Waals surface area contributed by atoms with E-state index in [0.29, 0.717) is 12.1 Å². The van der Waals surface area contributed by atoms with Gasteiger partial charge in [-0.05, 0) is 23.6 Å². The highest BCUT2D eigenvalue weighted by molar-refractivity contribution is 5.86. The Hall–Kier alpha value is -2.13. The van der Waals surface area contributed by atoms with Crippen LogP contribution in [0.1, 0.15) is 19.0 Å². The lowest BCUT2D eigenvalue weighted by molar-refractivity contribution is -0.127. The van der Waals surface area contributed by atoms with E-state index in [-0.39, 0.29) is 5.78 Å². The highest BCUT2D eigenvalue weighted by atomic mass is 16.3. The first-order valence-electron chi connectivity index (χ1n) is 6.84. The van der Waals surface area contributed by atoms with E-state index in [9.17, 15) is 9.90 Å². The second-order valence-electron chi connectivity index (χ2n) is 5.14. The van der Waals surface area contributed by atoms with Crippen LogP contribution >= 0.6 is 0 Å². The molecule has 1 aromatic heterocycles. The van der Waals surface area contributed by atoms with Crippen molar-refractivity contribution in [2.75, 3.05) is 0 Å². The van der Waals surface area contributed by atoms with Crippen molar-refractivity contribution in [3.8, 4) is 0 Å². The molecule has 1 heterocycles. The van der Waals surface area contributed by atoms with Crippen molar-refractivity contribution >= 4 is 16.7 Å². The first kappa shape index (κ1) is 12.9. The van der Waals surface area contributed by atoms with Crippen molar-refractivity contribution in [3.63, 3.8) is 0 Å². The zero-order valence-corrected chi connectivity index (χ0v) is 11.3. The maximum Gasteiger partial charge on any atom is 0.143 e. The van der Waals surface area contributed by atoms with Gasteiger partial charge < -0.3 is 10.1 Å². The molecule has 20 heavy (non-hydrogen) atoms. The van der Waals surface area contributed by atoms with E-state index in [4.69, 9.17) is 0 Å². The molecule has 0 fully saturated rings. The number of ketones is 1. The number of carbonyl (C=O) groups excluding carboxylic acids is 1. The van der Waals surface area contributed by atoms with E-state index in [1.807, 2.05) is 43.3 Å². The molecule has 0 saturated heterocycles. The summed E-state index contributed by atoms with van der Waals surface area (Å²) in [5.74, 6) is -0.502. The summed E-state index contributed by atoms with van der Waals surface area (Å²) >= 11 is 0. The highest BCUT2D eigenvalue weighted by Crippen LogP contribution is 2.36. The number of nitrogens with one attached hydrogen (secondary N) is 1. The first-order chi connectivity index (χ1) is 9.65. The van der Waals surface area contributed by atoms with Gasteiger partial charge in [0.25, 0.3) is 0 Å². The molecule has 2 N–H and O–H groups in total. The SMILES string of the molecule is CCC(=O)C1C=CC=CC1(O)c1cc2ccccc2[nH]1. The van der Waals surface area contributed by atoms with E-state index >= 15 is 0 Å². The van der Waals surface area contributed by atoms with E-state index in [0.717, 1.165) is 10.9 Å². The summed E-state index contributed by atoms with van der Waals surface area (Å²) in [4.78, 5) is 15.3. The molecule has 2 atom stereocenters. The van der Waals surface area contributed by atoms with Crippen molar-refractivity contribution in [2.45, 2.75) is 18.9 Å². The van der Waals surface area contributed by atoms with E-state index in [1.54, 1.807) is 18.2 Å². The lowest BCUT2D eigenvalue weighted by Gasteiger charge is -2.31. The van der Waals surface area contributed by atoms with Gasteiger partial charge >= 0.3 is 0 Å². The minimum absolute atomic E-state index is 0.0340. The molecule has 0 bridgehead atoms. The van der Waals surface area contributed by atoms with Crippen molar-refractivity contribution in [2.24, 2.45) is 5.92 Å². The maximum atomic E-state index is 12.1. The van der Waals surface area contributed by atoms with Crippen LogP contribution in [0.2, 0.25) is 0 Å². The van der Waals surface area contributed by atoms with Gasteiger partial charge in [-0.3, -0.25) is 4.79 Å². The molecule has 0 spiro atoms. The van der Waals surface area contributed by atoms with Crippen LogP contribution in [-0.4, -0.2) is 15.9 Å². The molecule has 0 amide bonds. The first-order valence-corrected chi connectivity index (χ1v) is 6.84. The summed E-state index contributed by atoms with van der Waals surface area (Å²) < 4.78 is 0. The standard InChI is InChI=1S/C17H17NO2/c1-2-15(19)13-8-5-6-10-17(13,20)16-11-12-7-3-4-9-14(12)18-16/h3-11,13,18,20H,2H2,1H3. The number of aromatic nitrogens is 1. The Labute approximate surface area is 117 Å². The molecule has 0 saturated carbocycles. The number of aromatic amines is 1. The van der Waals surface area contributed by atoms with Crippen molar-refractivity contribution in [1.82, 2.24) is 4.98 Å². The Balaban J connectivity index is 2.11. The highest BCUT2D eigenvalue weighted by Gasteiger charge is 2.40. The van der Waals surface area contributed by atoms with Crippen LogP contribution in [-0.2, 0) is 10.4 Å². The van der Waals surface area contributed by atoms with Gasteiger partial charge in [0.2, 0.25) is 0 Å². The molecule has 2 aromatic rings. The third-order valence-corrected chi connectivity index (χ3v) is 3.90. The van der Waals surface area contributed by atoms with Gasteiger partial charge in [0, 0.05) is 11.9 Å². The number of benzene rings is 1. The molecular weight excluding hydrogens is 250 g/mol. The summed E-state index contributed by atoms with van der Waals surface area (Å²) in [6.45, 7) is 1.82. The Bertz CT molecular complexity index is 678. The van der Waals surface area contributed by atoms with Gasteiger partial charge in [0.1, 0.15) is 11.4 Å². The predicted octanol–water partition coefficient (Wildman–Crippen LogP) is 3.08. The second kappa shape index (κ2) is 4.76. The van der Waals surface area contributed by atoms with Gasteiger partial charge in [-0.1, -0.05) is 43.4 Å². The van der Waals surface area contributed by atoms with E-state index in [1.165, 1.54) is 0 Å². The average Bonchev–Trinajstić information content (AvgIpc) is 2.91. The average molecular weight is 267 g/mol. The molecule has 3 rings (SSSR count). The van der Waals surface area contributed by atoms with Crippen LogP contribution in [0.25, 0.3) is 10.9 Å². The molecule has 2 unspecified atom stereocenters. The number of rotatable bonds is 3. The van der Waals surface area contributed by atoms with Crippen LogP contribution in [0, 0.1) is 5.92 Å². The minimum Gasteiger partial charge on any atom is -0.378 e. The quantitative estimate of drug-likeness (QED) is 0.898. The number of H-pyrrole nitrogens is 1. The van der Waals surface area contributed by atoms with Crippen LogP contribution in [0.5, 0.6) is 0 Å². The second-order valence-corrected chi connectivity index (χ2v) is 5.14. The van der Waals surface area contributed by atoms with Crippen molar-refractivity contribution in [1.29, 1.82) is 0 Å². The Kier molecular flexibility index (Phi) is 3.07. The number of hydrogen-bond donors (Lipinski definition) is 2. The monoisotopic (exact) mass is 267 g/mol. The van der Waals surface area contributed by atoms with Crippen LogP contribution < -0.4 is 0 Å². The number of Topliss-reactive ketones (excluding diaryl/α,β-unsaturated/α-hetero) is 1. The molecule has 3 heteroatoms. The summed E-state index contributed by atoms with van der Waals surface area (Å²) in [5, 5.41) is 12.0. The number of fused-ring (bicyclic) bond motifs is 1. The Morgan fingerprint density at radius 2 is 2.15 bits per heavy atom. The van der Waals surface area contributed by atoms with Gasteiger partial charge in [0.15, 0.2) is 0 Å². The minimum atomic E-state index is -1.29.